The van der Waals surface area contributed by atoms with E-state index < -0.39 is 0 Å². The van der Waals surface area contributed by atoms with E-state index in [9.17, 15) is 4.79 Å². The summed E-state index contributed by atoms with van der Waals surface area (Å²) >= 11 is 3.83. The lowest BCUT2D eigenvalue weighted by Gasteiger charge is -2.06. The molecule has 1 atom stereocenters. The maximum Gasteiger partial charge on any atom is 0.293 e. The number of aromatic nitrogens is 1. The van der Waals surface area contributed by atoms with Crippen LogP contribution in [0.15, 0.2) is 5.51 Å². The Hall–Kier alpha value is -0.170. The van der Waals surface area contributed by atoms with Gasteiger partial charge in [0.05, 0.1) is 20.7 Å². The zero-order valence-electron chi connectivity index (χ0n) is 6.49. The van der Waals surface area contributed by atoms with E-state index in [4.69, 9.17) is 0 Å². The summed E-state index contributed by atoms with van der Waals surface area (Å²) in [5, 5.41) is 0. The van der Waals surface area contributed by atoms with E-state index in [1.807, 2.05) is 6.92 Å². The van der Waals surface area contributed by atoms with Crippen LogP contribution in [0.5, 0.6) is 0 Å². The van der Waals surface area contributed by atoms with Crippen molar-refractivity contribution in [3.63, 3.8) is 0 Å². The van der Waals surface area contributed by atoms with E-state index in [0.29, 0.717) is 13.1 Å². The van der Waals surface area contributed by atoms with Crippen LogP contribution in [0, 0.1) is 2.88 Å². The van der Waals surface area contributed by atoms with Gasteiger partial charge in [-0.2, -0.15) is 0 Å². The van der Waals surface area contributed by atoms with Gasteiger partial charge in [0.2, 0.25) is 0 Å². The van der Waals surface area contributed by atoms with Crippen LogP contribution in [0.3, 0.4) is 0 Å². The number of hydrogen-bond acceptors (Lipinski definition) is 4. The first-order chi connectivity index (χ1) is 5.75. The predicted octanol–water partition coefficient (Wildman–Crippen LogP) is 2.02. The highest BCUT2D eigenvalue weighted by molar-refractivity contribution is 14.1. The smallest absolute Gasteiger partial charge is 0.293 e. The minimum atomic E-state index is 0.188. The molecule has 0 amide bonds. The van der Waals surface area contributed by atoms with Gasteiger partial charge in [0.25, 0.3) is 6.47 Å². The minimum absolute atomic E-state index is 0.188. The van der Waals surface area contributed by atoms with Gasteiger partial charge in [-0.1, -0.05) is 6.92 Å². The zero-order chi connectivity index (χ0) is 8.97. The lowest BCUT2D eigenvalue weighted by atomic mass is 10.1. The number of carbonyl (C=O) groups is 1. The van der Waals surface area contributed by atoms with Crippen molar-refractivity contribution >= 4 is 40.4 Å². The van der Waals surface area contributed by atoms with Gasteiger partial charge in [-0.25, -0.2) is 4.98 Å². The first kappa shape index (κ1) is 9.91. The lowest BCUT2D eigenvalue weighted by Crippen LogP contribution is -2.04. The summed E-state index contributed by atoms with van der Waals surface area (Å²) in [5.41, 5.74) is 2.82. The fourth-order valence-corrected chi connectivity index (χ4v) is 2.47. The summed E-state index contributed by atoms with van der Waals surface area (Å²) < 4.78 is 5.82. The summed E-state index contributed by atoms with van der Waals surface area (Å²) in [7, 11) is 0. The highest BCUT2D eigenvalue weighted by atomic mass is 127. The molecule has 1 heterocycles. The summed E-state index contributed by atoms with van der Waals surface area (Å²) in [5.74, 6) is 0.188. The van der Waals surface area contributed by atoms with Crippen molar-refractivity contribution in [3.8, 4) is 0 Å². The number of thiazole rings is 1. The second-order valence-electron chi connectivity index (χ2n) is 2.34. The third kappa shape index (κ3) is 2.41. The summed E-state index contributed by atoms with van der Waals surface area (Å²) in [4.78, 5) is 14.1. The molecular weight excluding hydrogens is 289 g/mol. The molecule has 1 aromatic heterocycles. The molecule has 0 aliphatic heterocycles. The van der Waals surface area contributed by atoms with Gasteiger partial charge in [-0.3, -0.25) is 4.79 Å². The van der Waals surface area contributed by atoms with Crippen molar-refractivity contribution in [1.29, 1.82) is 0 Å². The zero-order valence-corrected chi connectivity index (χ0v) is 9.46. The van der Waals surface area contributed by atoms with Crippen molar-refractivity contribution < 1.29 is 9.53 Å². The van der Waals surface area contributed by atoms with Crippen LogP contribution in [0.1, 0.15) is 18.5 Å². The molecule has 66 valence electrons. The molecule has 0 aliphatic rings. The molecule has 1 aromatic rings. The summed E-state index contributed by atoms with van der Waals surface area (Å²) in [6.07, 6.45) is 0. The average molecular weight is 297 g/mol. The highest BCUT2D eigenvalue weighted by Gasteiger charge is 2.12. The largest absolute Gasteiger partial charge is 0.467 e. The van der Waals surface area contributed by atoms with Crippen LogP contribution < -0.4 is 0 Å². The van der Waals surface area contributed by atoms with Crippen LogP contribution in [0.4, 0.5) is 0 Å². The second-order valence-corrected chi connectivity index (χ2v) is 5.01. The Balaban J connectivity index is 2.58. The standard InChI is InChI=1S/C7H8INO2S/c1-5(2-11-4-10)6-7(8)12-3-9-6/h3-5H,2H2,1H3. The van der Waals surface area contributed by atoms with Gasteiger partial charge >= 0.3 is 0 Å². The first-order valence-electron chi connectivity index (χ1n) is 3.39. The summed E-state index contributed by atoms with van der Waals surface area (Å²) in [6, 6.07) is 0. The molecule has 0 fully saturated rings. The fraction of sp³-hybridized carbons (Fsp3) is 0.429. The normalized spacial score (nSPS) is 12.5. The molecule has 12 heavy (non-hydrogen) atoms. The molecule has 0 saturated carbocycles. The third-order valence-corrected chi connectivity index (χ3v) is 3.37. The van der Waals surface area contributed by atoms with E-state index in [1.54, 1.807) is 16.8 Å². The number of hydrogen-bond donors (Lipinski definition) is 0. The number of carbonyl (C=O) groups excluding carboxylic acids is 1. The Bertz CT molecular complexity index is 264. The molecule has 0 saturated heterocycles. The van der Waals surface area contributed by atoms with E-state index in [-0.39, 0.29) is 5.92 Å². The Morgan fingerprint density at radius 3 is 3.17 bits per heavy atom. The van der Waals surface area contributed by atoms with Gasteiger partial charge in [0, 0.05) is 5.92 Å². The van der Waals surface area contributed by atoms with Crippen LogP contribution in [-0.4, -0.2) is 18.1 Å². The monoisotopic (exact) mass is 297 g/mol. The SMILES string of the molecule is CC(COC=O)c1ncsc1I. The van der Waals surface area contributed by atoms with Crippen molar-refractivity contribution in [2.75, 3.05) is 6.61 Å². The Labute approximate surface area is 88.3 Å². The predicted molar refractivity (Wildman–Crippen MR) is 55.3 cm³/mol. The van der Waals surface area contributed by atoms with Crippen molar-refractivity contribution in [3.05, 3.63) is 14.1 Å². The molecule has 0 radical (unpaired) electrons. The van der Waals surface area contributed by atoms with Gasteiger partial charge in [0.15, 0.2) is 0 Å². The quantitative estimate of drug-likeness (QED) is 0.630. The molecule has 0 spiro atoms. The van der Waals surface area contributed by atoms with Crippen LogP contribution >= 0.6 is 33.9 Å². The number of nitrogens with zero attached hydrogens (tertiary/aromatic N) is 1. The van der Waals surface area contributed by atoms with E-state index in [0.717, 1.165) is 8.58 Å². The van der Waals surface area contributed by atoms with E-state index >= 15 is 0 Å². The Morgan fingerprint density at radius 2 is 2.67 bits per heavy atom. The fourth-order valence-electron chi connectivity index (χ4n) is 0.824. The molecular formula is C7H8INO2S. The van der Waals surface area contributed by atoms with Gasteiger partial charge in [-0.05, 0) is 22.6 Å². The molecule has 0 aromatic carbocycles. The van der Waals surface area contributed by atoms with Crippen LogP contribution in [-0.2, 0) is 9.53 Å². The highest BCUT2D eigenvalue weighted by Crippen LogP contribution is 2.23. The second kappa shape index (κ2) is 4.76. The average Bonchev–Trinajstić information content (AvgIpc) is 2.47. The maximum absolute atomic E-state index is 9.92. The first-order valence-corrected chi connectivity index (χ1v) is 5.35. The molecule has 1 unspecified atom stereocenters. The minimum Gasteiger partial charge on any atom is -0.467 e. The van der Waals surface area contributed by atoms with Crippen LogP contribution in [0.2, 0.25) is 0 Å². The molecule has 0 bridgehead atoms. The summed E-state index contributed by atoms with van der Waals surface area (Å²) in [6.45, 7) is 2.86. The van der Waals surface area contributed by atoms with E-state index in [1.165, 1.54) is 0 Å². The Morgan fingerprint density at radius 1 is 1.92 bits per heavy atom. The maximum atomic E-state index is 9.92. The van der Waals surface area contributed by atoms with E-state index in [2.05, 4.69) is 32.3 Å². The van der Waals surface area contributed by atoms with Crippen LogP contribution in [0.25, 0.3) is 0 Å². The molecule has 0 aliphatic carbocycles. The van der Waals surface area contributed by atoms with Crippen molar-refractivity contribution in [2.24, 2.45) is 0 Å². The van der Waals surface area contributed by atoms with Crippen molar-refractivity contribution in [2.45, 2.75) is 12.8 Å². The van der Waals surface area contributed by atoms with Gasteiger partial charge < -0.3 is 4.74 Å². The number of rotatable bonds is 4. The molecule has 5 heteroatoms. The van der Waals surface area contributed by atoms with Gasteiger partial charge in [0.1, 0.15) is 0 Å². The van der Waals surface area contributed by atoms with Gasteiger partial charge in [-0.15, -0.1) is 11.3 Å². The Kier molecular flexibility index (Phi) is 3.93. The lowest BCUT2D eigenvalue weighted by molar-refractivity contribution is -0.129. The molecule has 1 rings (SSSR count). The number of halogens is 1. The molecule has 0 N–H and O–H groups in total. The topological polar surface area (TPSA) is 39.2 Å². The number of ether oxygens (including phenoxy) is 1. The van der Waals surface area contributed by atoms with Crippen molar-refractivity contribution in [1.82, 2.24) is 4.98 Å². The third-order valence-electron chi connectivity index (χ3n) is 1.43. The molecule has 3 nitrogen and oxygen atoms in total.